The Hall–Kier alpha value is -0.0400. The van der Waals surface area contributed by atoms with Crippen molar-refractivity contribution < 1.29 is 5.11 Å². The zero-order valence-electron chi connectivity index (χ0n) is 9.89. The number of hydrogen-bond donors (Lipinski definition) is 1. The Kier molecular flexibility index (Phi) is 4.94. The smallest absolute Gasteiger partial charge is 0.0680 e. The van der Waals surface area contributed by atoms with Gasteiger partial charge in [-0.15, -0.1) is 0 Å². The summed E-state index contributed by atoms with van der Waals surface area (Å²) in [5, 5.41) is 10.1. The highest BCUT2D eigenvalue weighted by atomic mass is 16.3. The summed E-state index contributed by atoms with van der Waals surface area (Å²) in [6, 6.07) is 0. The second-order valence-corrected chi connectivity index (χ2v) is 4.96. The summed E-state index contributed by atoms with van der Waals surface area (Å²) in [7, 11) is 0. The van der Waals surface area contributed by atoms with Crippen LogP contribution in [0.4, 0.5) is 0 Å². The third-order valence-electron chi connectivity index (χ3n) is 3.55. The molecule has 0 saturated heterocycles. The van der Waals surface area contributed by atoms with Gasteiger partial charge in [-0.05, 0) is 25.2 Å². The lowest BCUT2D eigenvalue weighted by atomic mass is 10.0. The third-order valence-corrected chi connectivity index (χ3v) is 3.55. The normalized spacial score (nSPS) is 30.6. The minimum Gasteiger partial charge on any atom is -0.390 e. The monoisotopic (exact) mass is 198 g/mol. The molecule has 0 aromatic heterocycles. The summed E-state index contributed by atoms with van der Waals surface area (Å²) < 4.78 is 0. The van der Waals surface area contributed by atoms with E-state index in [1.807, 2.05) is 0 Å². The molecule has 1 aliphatic carbocycles. The lowest BCUT2D eigenvalue weighted by Crippen LogP contribution is -2.10. The Bertz CT molecular complexity index is 155. The van der Waals surface area contributed by atoms with Gasteiger partial charge in [0.2, 0.25) is 0 Å². The minimum atomic E-state index is -0.234. The molecule has 0 aliphatic heterocycles. The summed E-state index contributed by atoms with van der Waals surface area (Å²) in [5.74, 6) is 0.638. The molecule has 1 rings (SSSR count). The SMILES string of the molecule is CCCCCCCC1(O)CC1CCC. The second-order valence-electron chi connectivity index (χ2n) is 4.96. The molecule has 14 heavy (non-hydrogen) atoms. The lowest BCUT2D eigenvalue weighted by Gasteiger charge is -2.09. The van der Waals surface area contributed by atoms with Crippen LogP contribution in [0.2, 0.25) is 0 Å². The molecule has 1 nitrogen and oxygen atoms in total. The quantitative estimate of drug-likeness (QED) is 0.586. The molecule has 1 aliphatic rings. The molecule has 1 N–H and O–H groups in total. The molecule has 1 fully saturated rings. The summed E-state index contributed by atoms with van der Waals surface area (Å²) >= 11 is 0. The van der Waals surface area contributed by atoms with Gasteiger partial charge in [-0.1, -0.05) is 52.4 Å². The molecule has 1 saturated carbocycles. The fraction of sp³-hybridized carbons (Fsp3) is 1.00. The highest BCUT2D eigenvalue weighted by Crippen LogP contribution is 2.49. The maximum atomic E-state index is 10.1. The van der Waals surface area contributed by atoms with E-state index in [1.165, 1.54) is 44.9 Å². The molecule has 0 heterocycles. The van der Waals surface area contributed by atoms with E-state index in [9.17, 15) is 5.11 Å². The number of rotatable bonds is 8. The van der Waals surface area contributed by atoms with Gasteiger partial charge < -0.3 is 5.11 Å². The fourth-order valence-electron chi connectivity index (χ4n) is 2.43. The van der Waals surface area contributed by atoms with Crippen LogP contribution >= 0.6 is 0 Å². The van der Waals surface area contributed by atoms with Crippen LogP contribution in [0, 0.1) is 5.92 Å². The third kappa shape index (κ3) is 3.61. The summed E-state index contributed by atoms with van der Waals surface area (Å²) in [6.45, 7) is 4.45. The lowest BCUT2D eigenvalue weighted by molar-refractivity contribution is 0.115. The van der Waals surface area contributed by atoms with E-state index in [2.05, 4.69) is 13.8 Å². The maximum absolute atomic E-state index is 10.1. The summed E-state index contributed by atoms with van der Waals surface area (Å²) in [4.78, 5) is 0. The molecule has 0 aromatic carbocycles. The van der Waals surface area contributed by atoms with Crippen LogP contribution < -0.4 is 0 Å². The average molecular weight is 198 g/mol. The first-order valence-corrected chi connectivity index (χ1v) is 6.45. The topological polar surface area (TPSA) is 20.2 Å². The van der Waals surface area contributed by atoms with Crippen molar-refractivity contribution >= 4 is 0 Å². The molecular weight excluding hydrogens is 172 g/mol. The van der Waals surface area contributed by atoms with E-state index in [0.717, 1.165) is 12.8 Å². The van der Waals surface area contributed by atoms with Crippen molar-refractivity contribution in [2.45, 2.75) is 77.2 Å². The first-order valence-electron chi connectivity index (χ1n) is 6.45. The maximum Gasteiger partial charge on any atom is 0.0680 e. The van der Waals surface area contributed by atoms with Gasteiger partial charge in [0.15, 0.2) is 0 Å². The Morgan fingerprint density at radius 1 is 1.07 bits per heavy atom. The van der Waals surface area contributed by atoms with Crippen molar-refractivity contribution in [3.05, 3.63) is 0 Å². The van der Waals surface area contributed by atoms with Crippen LogP contribution in [0.15, 0.2) is 0 Å². The Labute approximate surface area is 88.9 Å². The van der Waals surface area contributed by atoms with Gasteiger partial charge in [-0.25, -0.2) is 0 Å². The van der Waals surface area contributed by atoms with Crippen molar-refractivity contribution in [1.29, 1.82) is 0 Å². The van der Waals surface area contributed by atoms with Crippen LogP contribution in [0.3, 0.4) is 0 Å². The average Bonchev–Trinajstić information content (AvgIpc) is 2.78. The van der Waals surface area contributed by atoms with E-state index in [0.29, 0.717) is 5.92 Å². The van der Waals surface area contributed by atoms with E-state index >= 15 is 0 Å². The minimum absolute atomic E-state index is 0.234. The summed E-state index contributed by atoms with van der Waals surface area (Å²) in [5.41, 5.74) is -0.234. The molecule has 0 spiro atoms. The zero-order valence-corrected chi connectivity index (χ0v) is 9.89. The zero-order chi connectivity index (χ0) is 10.4. The molecule has 0 radical (unpaired) electrons. The van der Waals surface area contributed by atoms with Gasteiger partial charge in [0, 0.05) is 0 Å². The predicted octanol–water partition coefficient (Wildman–Crippen LogP) is 3.90. The largest absolute Gasteiger partial charge is 0.390 e. The van der Waals surface area contributed by atoms with E-state index in [1.54, 1.807) is 0 Å². The molecule has 0 aromatic rings. The highest BCUT2D eigenvalue weighted by Gasteiger charge is 2.50. The van der Waals surface area contributed by atoms with Crippen molar-refractivity contribution in [2.75, 3.05) is 0 Å². The Balaban J connectivity index is 1.97. The first-order chi connectivity index (χ1) is 6.73. The van der Waals surface area contributed by atoms with E-state index in [-0.39, 0.29) is 5.60 Å². The highest BCUT2D eigenvalue weighted by molar-refractivity contribution is 5.02. The van der Waals surface area contributed by atoms with Gasteiger partial charge in [0.1, 0.15) is 0 Å². The van der Waals surface area contributed by atoms with Crippen LogP contribution in [0.25, 0.3) is 0 Å². The van der Waals surface area contributed by atoms with Gasteiger partial charge in [-0.3, -0.25) is 0 Å². The molecule has 1 heteroatoms. The molecule has 2 unspecified atom stereocenters. The van der Waals surface area contributed by atoms with Gasteiger partial charge >= 0.3 is 0 Å². The van der Waals surface area contributed by atoms with Gasteiger partial charge in [0.05, 0.1) is 5.60 Å². The van der Waals surface area contributed by atoms with Crippen molar-refractivity contribution in [3.8, 4) is 0 Å². The standard InChI is InChI=1S/C13H26O/c1-3-5-6-7-8-10-13(14)11-12(13)9-4-2/h12,14H,3-11H2,1-2H3. The summed E-state index contributed by atoms with van der Waals surface area (Å²) in [6.07, 6.45) is 11.2. The van der Waals surface area contributed by atoms with Gasteiger partial charge in [-0.2, -0.15) is 0 Å². The predicted molar refractivity (Wildman–Crippen MR) is 61.3 cm³/mol. The van der Waals surface area contributed by atoms with Crippen LogP contribution in [-0.2, 0) is 0 Å². The second kappa shape index (κ2) is 5.75. The number of aliphatic hydroxyl groups is 1. The molecule has 0 bridgehead atoms. The van der Waals surface area contributed by atoms with Crippen molar-refractivity contribution in [1.82, 2.24) is 0 Å². The number of unbranched alkanes of at least 4 members (excludes halogenated alkanes) is 4. The van der Waals surface area contributed by atoms with E-state index in [4.69, 9.17) is 0 Å². The van der Waals surface area contributed by atoms with Crippen molar-refractivity contribution in [2.24, 2.45) is 5.92 Å². The van der Waals surface area contributed by atoms with Crippen LogP contribution in [0.5, 0.6) is 0 Å². The van der Waals surface area contributed by atoms with E-state index < -0.39 is 0 Å². The Morgan fingerprint density at radius 2 is 1.79 bits per heavy atom. The fourth-order valence-corrected chi connectivity index (χ4v) is 2.43. The van der Waals surface area contributed by atoms with Crippen LogP contribution in [-0.4, -0.2) is 10.7 Å². The number of hydrogen-bond acceptors (Lipinski definition) is 1. The molecular formula is C13H26O. The van der Waals surface area contributed by atoms with Gasteiger partial charge in [0.25, 0.3) is 0 Å². The Morgan fingerprint density at radius 3 is 2.43 bits per heavy atom. The molecule has 0 amide bonds. The first kappa shape index (κ1) is 12.0. The van der Waals surface area contributed by atoms with Crippen molar-refractivity contribution in [3.63, 3.8) is 0 Å². The molecule has 2 atom stereocenters. The van der Waals surface area contributed by atoms with Crippen LogP contribution in [0.1, 0.15) is 71.6 Å². The molecule has 84 valence electrons.